The topological polar surface area (TPSA) is 60.4 Å². The van der Waals surface area contributed by atoms with Crippen molar-refractivity contribution in [1.82, 2.24) is 0 Å². The van der Waals surface area contributed by atoms with Gasteiger partial charge in [-0.3, -0.25) is 9.59 Å². The zero-order valence-electron chi connectivity index (χ0n) is 19.6. The van der Waals surface area contributed by atoms with E-state index in [1.807, 2.05) is 0 Å². The van der Waals surface area contributed by atoms with E-state index in [2.05, 4.69) is 6.92 Å². The molecule has 0 aliphatic heterocycles. The summed E-state index contributed by atoms with van der Waals surface area (Å²) in [5, 5.41) is 0. The molecule has 0 amide bonds. The van der Waals surface area contributed by atoms with Crippen LogP contribution in [-0.2, 0) is 26.4 Å². The minimum atomic E-state index is -5.24. The lowest BCUT2D eigenvalue weighted by Crippen LogP contribution is -2.29. The number of benzene rings is 2. The number of hydrogen-bond acceptors (Lipinski definition) is 4. The molecular formula is C25H28F6O4P+. The SMILES string of the molecule is CCCCCCCCOC(=O)C(C(=O)c1c(C(F)(F)F)cccc1C(F)(F)F)c1ccccc1.O=[PH2+]. The van der Waals surface area contributed by atoms with Crippen LogP contribution in [0.25, 0.3) is 0 Å². The van der Waals surface area contributed by atoms with Gasteiger partial charge in [-0.2, -0.15) is 26.3 Å². The van der Waals surface area contributed by atoms with Gasteiger partial charge in [-0.15, -0.1) is 0 Å². The van der Waals surface area contributed by atoms with E-state index in [9.17, 15) is 35.9 Å². The molecule has 2 unspecified atom stereocenters. The molecule has 0 bridgehead atoms. The first-order valence-corrected chi connectivity index (χ1v) is 11.7. The van der Waals surface area contributed by atoms with Crippen molar-refractivity contribution >= 4 is 20.9 Å². The van der Waals surface area contributed by atoms with Crippen LogP contribution < -0.4 is 0 Å². The summed E-state index contributed by atoms with van der Waals surface area (Å²) < 4.78 is 94.8. The zero-order valence-corrected chi connectivity index (χ0v) is 20.8. The van der Waals surface area contributed by atoms with E-state index in [0.29, 0.717) is 24.6 Å². The summed E-state index contributed by atoms with van der Waals surface area (Å²) in [4.78, 5) is 26.0. The summed E-state index contributed by atoms with van der Waals surface area (Å²) in [7, 11) is 1.17. The lowest BCUT2D eigenvalue weighted by molar-refractivity contribution is -0.146. The van der Waals surface area contributed by atoms with Crippen LogP contribution in [0.15, 0.2) is 48.5 Å². The normalized spacial score (nSPS) is 12.3. The van der Waals surface area contributed by atoms with Crippen LogP contribution in [0.1, 0.15) is 78.4 Å². The molecule has 0 aliphatic rings. The Morgan fingerprint density at radius 2 is 1.28 bits per heavy atom. The molecule has 0 fully saturated rings. The van der Waals surface area contributed by atoms with Crippen LogP contribution in [0.5, 0.6) is 0 Å². The number of hydrogen-bond donors (Lipinski definition) is 0. The Bertz CT molecular complexity index is 945. The minimum Gasteiger partial charge on any atom is -0.465 e. The van der Waals surface area contributed by atoms with Crippen molar-refractivity contribution in [3.05, 3.63) is 70.8 Å². The lowest BCUT2D eigenvalue weighted by atomic mass is 9.85. The lowest BCUT2D eigenvalue weighted by Gasteiger charge is -2.21. The second-order valence-electron chi connectivity index (χ2n) is 7.87. The van der Waals surface area contributed by atoms with E-state index >= 15 is 0 Å². The van der Waals surface area contributed by atoms with Gasteiger partial charge in [0.15, 0.2) is 5.78 Å². The second kappa shape index (κ2) is 14.7. The first-order chi connectivity index (χ1) is 17.0. The Hall–Kier alpha value is -2.74. The highest BCUT2D eigenvalue weighted by Gasteiger charge is 2.45. The molecule has 0 saturated carbocycles. The number of carbonyl (C=O) groups is 2. The molecule has 198 valence electrons. The Labute approximate surface area is 207 Å². The highest BCUT2D eigenvalue weighted by atomic mass is 31.0. The molecule has 2 aromatic rings. The number of Topliss-reactive ketones (excluding diaryl/α,β-unsaturated/α-hetero) is 1. The third kappa shape index (κ3) is 9.04. The predicted octanol–water partition coefficient (Wildman–Crippen LogP) is 7.80. The molecule has 0 N–H and O–H groups in total. The van der Waals surface area contributed by atoms with E-state index in [4.69, 9.17) is 9.30 Å². The quantitative estimate of drug-likeness (QED) is 0.0733. The van der Waals surface area contributed by atoms with Crippen molar-refractivity contribution < 1.29 is 45.2 Å². The molecule has 0 spiro atoms. The highest BCUT2D eigenvalue weighted by Crippen LogP contribution is 2.41. The van der Waals surface area contributed by atoms with Crippen molar-refractivity contribution in [1.29, 1.82) is 0 Å². The second-order valence-corrected chi connectivity index (χ2v) is 7.87. The zero-order chi connectivity index (χ0) is 27.4. The molecule has 4 nitrogen and oxygen atoms in total. The molecule has 2 rings (SSSR count). The van der Waals surface area contributed by atoms with E-state index in [0.717, 1.165) is 32.1 Å². The van der Waals surface area contributed by atoms with Crippen LogP contribution in [0.3, 0.4) is 0 Å². The Morgan fingerprint density at radius 3 is 1.78 bits per heavy atom. The van der Waals surface area contributed by atoms with Crippen molar-refractivity contribution in [3.63, 3.8) is 0 Å². The molecule has 2 aromatic carbocycles. The maximum Gasteiger partial charge on any atom is 0.417 e. The number of alkyl halides is 6. The first-order valence-electron chi connectivity index (χ1n) is 11.2. The fourth-order valence-corrected chi connectivity index (χ4v) is 3.61. The largest absolute Gasteiger partial charge is 0.465 e. The summed E-state index contributed by atoms with van der Waals surface area (Å²) in [6.07, 6.45) is -5.25. The maximum absolute atomic E-state index is 13.6. The monoisotopic (exact) mass is 537 g/mol. The van der Waals surface area contributed by atoms with Gasteiger partial charge in [0.2, 0.25) is 0 Å². The summed E-state index contributed by atoms with van der Waals surface area (Å²) in [6.45, 7) is 1.97. The average molecular weight is 537 g/mol. The molecule has 0 saturated heterocycles. The van der Waals surface area contributed by atoms with Crippen molar-refractivity contribution in [2.24, 2.45) is 0 Å². The van der Waals surface area contributed by atoms with Gasteiger partial charge in [0.05, 0.1) is 17.7 Å². The molecule has 0 aromatic heterocycles. The van der Waals surface area contributed by atoms with Crippen molar-refractivity contribution in [2.45, 2.75) is 63.7 Å². The van der Waals surface area contributed by atoms with Crippen LogP contribution in [0.4, 0.5) is 26.3 Å². The summed E-state index contributed by atoms with van der Waals surface area (Å²) >= 11 is 0. The van der Waals surface area contributed by atoms with Gasteiger partial charge in [0.25, 0.3) is 0 Å². The number of rotatable bonds is 11. The Kier molecular flexibility index (Phi) is 12.8. The number of ether oxygens (including phenoxy) is 1. The average Bonchev–Trinajstić information content (AvgIpc) is 2.84. The van der Waals surface area contributed by atoms with Crippen LogP contribution in [0.2, 0.25) is 0 Å². The number of esters is 1. The molecule has 0 aliphatic carbocycles. The molecular weight excluding hydrogens is 509 g/mol. The first kappa shape index (κ1) is 31.3. The van der Waals surface area contributed by atoms with Crippen LogP contribution in [0, 0.1) is 0 Å². The van der Waals surface area contributed by atoms with E-state index in [1.165, 1.54) is 39.5 Å². The summed E-state index contributed by atoms with van der Waals surface area (Å²) in [6, 6.07) is 8.34. The van der Waals surface area contributed by atoms with Crippen molar-refractivity contribution in [3.8, 4) is 0 Å². The number of ketones is 1. The van der Waals surface area contributed by atoms with Crippen LogP contribution in [-0.4, -0.2) is 18.4 Å². The van der Waals surface area contributed by atoms with E-state index < -0.39 is 46.7 Å². The fourth-order valence-electron chi connectivity index (χ4n) is 3.61. The highest BCUT2D eigenvalue weighted by molar-refractivity contribution is 7.00. The van der Waals surface area contributed by atoms with Gasteiger partial charge in [0, 0.05) is 5.56 Å². The van der Waals surface area contributed by atoms with E-state index in [-0.39, 0.29) is 12.2 Å². The van der Waals surface area contributed by atoms with Gasteiger partial charge in [-0.25, -0.2) is 0 Å². The predicted molar refractivity (Wildman–Crippen MR) is 125 cm³/mol. The molecule has 2 atom stereocenters. The van der Waals surface area contributed by atoms with Crippen molar-refractivity contribution in [2.75, 3.05) is 6.61 Å². The van der Waals surface area contributed by atoms with Gasteiger partial charge in [-0.05, 0) is 24.1 Å². The maximum atomic E-state index is 13.6. The van der Waals surface area contributed by atoms with Gasteiger partial charge in [-0.1, -0.05) is 80.0 Å². The molecule has 36 heavy (non-hydrogen) atoms. The smallest absolute Gasteiger partial charge is 0.417 e. The third-order valence-electron chi connectivity index (χ3n) is 5.29. The number of unbranched alkanes of at least 4 members (excludes halogenated alkanes) is 5. The Morgan fingerprint density at radius 1 is 0.778 bits per heavy atom. The number of carbonyl (C=O) groups excluding carboxylic acids is 2. The van der Waals surface area contributed by atoms with Crippen LogP contribution >= 0.6 is 9.12 Å². The fraction of sp³-hybridized carbons (Fsp3) is 0.440. The van der Waals surface area contributed by atoms with Gasteiger partial charge in [0.1, 0.15) is 5.92 Å². The molecule has 0 heterocycles. The van der Waals surface area contributed by atoms with E-state index in [1.54, 1.807) is 0 Å². The van der Waals surface area contributed by atoms with Gasteiger partial charge < -0.3 is 4.74 Å². The number of halogens is 6. The summed E-state index contributed by atoms with van der Waals surface area (Å²) in [5.41, 5.74) is -5.15. The third-order valence-corrected chi connectivity index (χ3v) is 5.29. The van der Waals surface area contributed by atoms with Gasteiger partial charge >= 0.3 is 27.4 Å². The Balaban J connectivity index is 0.00000316. The minimum absolute atomic E-state index is 0.0504. The standard InChI is InChI=1S/C25H26F6O3.H2OP/c1-2-3-4-5-6-10-16-34-23(33)20(17-12-8-7-9-13-17)22(32)21-18(24(26,27)28)14-11-15-19(21)25(29,30)31;1-2/h7-9,11-15,20H,2-6,10,16H2,1H3;2H2/q;+1. The summed E-state index contributed by atoms with van der Waals surface area (Å²) in [5.74, 6) is -4.76. The molecule has 0 radical (unpaired) electrons. The molecule has 11 heteroatoms.